The zero-order valence-corrected chi connectivity index (χ0v) is 20.7. The molecule has 2 aliphatic rings. The van der Waals surface area contributed by atoms with Crippen molar-refractivity contribution in [2.45, 2.75) is 57.7 Å². The number of hydrogen-bond donors (Lipinski definition) is 3. The molecule has 2 aliphatic heterocycles. The van der Waals surface area contributed by atoms with Gasteiger partial charge in [0.1, 0.15) is 11.6 Å². The number of rotatable bonds is 4. The van der Waals surface area contributed by atoms with Crippen molar-refractivity contribution >= 4 is 17.4 Å². The Balaban J connectivity index is 1.60. The lowest BCUT2D eigenvalue weighted by Crippen LogP contribution is -2.60. The average Bonchev–Trinajstić information content (AvgIpc) is 3.22. The van der Waals surface area contributed by atoms with E-state index in [4.69, 9.17) is 26.1 Å². The average molecular weight is 480 g/mol. The number of para-hydroxylation sites is 1. The van der Waals surface area contributed by atoms with Gasteiger partial charge in [0, 0.05) is 33.3 Å². The van der Waals surface area contributed by atoms with E-state index in [-0.39, 0.29) is 29.7 Å². The SMILES string of the molecule is CC1(C)CC(Nc2cc(-c3cccc4c3OCO4)cc(-c3cc(Cl)ccc3O)n2)CC(C)(C)N1. The quantitative estimate of drug-likeness (QED) is 0.412. The molecule has 3 N–H and O–H groups in total. The molecule has 2 aromatic carbocycles. The molecule has 3 aromatic rings. The fourth-order valence-electron chi connectivity index (χ4n) is 5.40. The minimum atomic E-state index is -0.00346. The molecule has 0 unspecified atom stereocenters. The van der Waals surface area contributed by atoms with Crippen LogP contribution in [-0.4, -0.2) is 34.0 Å². The summed E-state index contributed by atoms with van der Waals surface area (Å²) in [5.41, 5.74) is 3.03. The lowest BCUT2D eigenvalue weighted by molar-refractivity contribution is 0.170. The van der Waals surface area contributed by atoms with Gasteiger partial charge in [-0.2, -0.15) is 0 Å². The van der Waals surface area contributed by atoms with Crippen LogP contribution in [0.15, 0.2) is 48.5 Å². The van der Waals surface area contributed by atoms with Gasteiger partial charge in [-0.1, -0.05) is 23.7 Å². The highest BCUT2D eigenvalue weighted by Gasteiger charge is 2.37. The molecule has 1 aromatic heterocycles. The van der Waals surface area contributed by atoms with Crippen molar-refractivity contribution in [3.05, 3.63) is 53.6 Å². The summed E-state index contributed by atoms with van der Waals surface area (Å²) in [5, 5.41) is 18.5. The summed E-state index contributed by atoms with van der Waals surface area (Å²) in [6.07, 6.45) is 1.91. The molecule has 0 saturated carbocycles. The second-order valence-corrected chi connectivity index (χ2v) is 10.9. The number of phenols is 1. The maximum Gasteiger partial charge on any atom is 0.231 e. The highest BCUT2D eigenvalue weighted by Crippen LogP contribution is 2.43. The lowest BCUT2D eigenvalue weighted by atomic mass is 9.79. The third-order valence-electron chi connectivity index (χ3n) is 6.31. The maximum absolute atomic E-state index is 10.6. The van der Waals surface area contributed by atoms with E-state index in [2.05, 4.69) is 38.3 Å². The Morgan fingerprint density at radius 2 is 1.76 bits per heavy atom. The van der Waals surface area contributed by atoms with Gasteiger partial charge in [0.2, 0.25) is 6.79 Å². The highest BCUT2D eigenvalue weighted by atomic mass is 35.5. The van der Waals surface area contributed by atoms with Crippen molar-refractivity contribution in [2.75, 3.05) is 12.1 Å². The number of phenolic OH excluding ortho intramolecular Hbond substituents is 1. The van der Waals surface area contributed by atoms with Crippen LogP contribution in [0.3, 0.4) is 0 Å². The number of anilines is 1. The monoisotopic (exact) mass is 479 g/mol. The van der Waals surface area contributed by atoms with Crippen LogP contribution in [-0.2, 0) is 0 Å². The predicted molar refractivity (Wildman–Crippen MR) is 136 cm³/mol. The van der Waals surface area contributed by atoms with Crippen LogP contribution in [0.4, 0.5) is 5.82 Å². The molecule has 1 fully saturated rings. The molecule has 1 saturated heterocycles. The predicted octanol–water partition coefficient (Wildman–Crippen LogP) is 6.22. The molecule has 0 bridgehead atoms. The standard InChI is InChI=1S/C27H30ClN3O3/c1-26(2)13-18(14-27(3,4)31-26)29-24-11-16(19-6-5-7-23-25(19)34-15-33-23)10-21(30-24)20-12-17(28)8-9-22(20)32/h5-12,18,31-32H,13-15H2,1-4H3,(H,29,30). The molecule has 34 heavy (non-hydrogen) atoms. The fourth-order valence-corrected chi connectivity index (χ4v) is 5.57. The van der Waals surface area contributed by atoms with Gasteiger partial charge in [0.25, 0.3) is 0 Å². The number of benzene rings is 2. The van der Waals surface area contributed by atoms with Gasteiger partial charge in [0.05, 0.1) is 5.69 Å². The first-order valence-corrected chi connectivity index (χ1v) is 11.9. The number of aromatic nitrogens is 1. The van der Waals surface area contributed by atoms with E-state index in [1.54, 1.807) is 18.2 Å². The summed E-state index contributed by atoms with van der Waals surface area (Å²) in [6.45, 7) is 9.11. The molecular weight excluding hydrogens is 450 g/mol. The molecule has 0 radical (unpaired) electrons. The summed E-state index contributed by atoms with van der Waals surface area (Å²) in [5.74, 6) is 2.30. The molecule has 178 valence electrons. The Labute approximate surface area is 205 Å². The number of halogens is 1. The van der Waals surface area contributed by atoms with E-state index < -0.39 is 0 Å². The number of nitrogens with zero attached hydrogens (tertiary/aromatic N) is 1. The maximum atomic E-state index is 10.6. The van der Waals surface area contributed by atoms with Crippen LogP contribution in [0.2, 0.25) is 5.02 Å². The van der Waals surface area contributed by atoms with E-state index in [0.717, 1.165) is 35.5 Å². The summed E-state index contributed by atoms with van der Waals surface area (Å²) in [7, 11) is 0. The lowest BCUT2D eigenvalue weighted by Gasteiger charge is -2.46. The van der Waals surface area contributed by atoms with Gasteiger partial charge in [-0.25, -0.2) is 4.98 Å². The molecule has 7 heteroatoms. The zero-order chi connectivity index (χ0) is 24.1. The zero-order valence-electron chi connectivity index (χ0n) is 19.9. The Morgan fingerprint density at radius 1 is 1.00 bits per heavy atom. The van der Waals surface area contributed by atoms with Crippen LogP contribution in [0.5, 0.6) is 17.2 Å². The number of nitrogens with one attached hydrogen (secondary N) is 2. The molecular formula is C27H30ClN3O3. The van der Waals surface area contributed by atoms with Gasteiger partial charge in [-0.3, -0.25) is 0 Å². The van der Waals surface area contributed by atoms with Crippen molar-refractivity contribution in [2.24, 2.45) is 0 Å². The second kappa shape index (κ2) is 8.36. The minimum Gasteiger partial charge on any atom is -0.507 e. The van der Waals surface area contributed by atoms with E-state index in [0.29, 0.717) is 22.0 Å². The van der Waals surface area contributed by atoms with Crippen molar-refractivity contribution < 1.29 is 14.6 Å². The largest absolute Gasteiger partial charge is 0.507 e. The summed E-state index contributed by atoms with van der Waals surface area (Å²) < 4.78 is 11.4. The Kier molecular flexibility index (Phi) is 5.61. The van der Waals surface area contributed by atoms with E-state index in [1.807, 2.05) is 30.3 Å². The first-order valence-electron chi connectivity index (χ1n) is 11.5. The van der Waals surface area contributed by atoms with Gasteiger partial charge >= 0.3 is 0 Å². The Bertz CT molecular complexity index is 1230. The molecule has 0 amide bonds. The topological polar surface area (TPSA) is 75.6 Å². The third-order valence-corrected chi connectivity index (χ3v) is 6.54. The van der Waals surface area contributed by atoms with Crippen molar-refractivity contribution in [1.82, 2.24) is 10.3 Å². The Morgan fingerprint density at radius 3 is 2.53 bits per heavy atom. The van der Waals surface area contributed by atoms with Gasteiger partial charge in [-0.15, -0.1) is 0 Å². The van der Waals surface area contributed by atoms with Gasteiger partial charge in [0.15, 0.2) is 11.5 Å². The Hall–Kier alpha value is -2.96. The van der Waals surface area contributed by atoms with E-state index >= 15 is 0 Å². The van der Waals surface area contributed by atoms with Crippen LogP contribution >= 0.6 is 11.6 Å². The molecule has 0 atom stereocenters. The van der Waals surface area contributed by atoms with Crippen LogP contribution in [0.25, 0.3) is 22.4 Å². The van der Waals surface area contributed by atoms with Gasteiger partial charge < -0.3 is 25.2 Å². The number of aromatic hydroxyl groups is 1. The first kappa shape index (κ1) is 22.8. The molecule has 6 nitrogen and oxygen atoms in total. The van der Waals surface area contributed by atoms with Gasteiger partial charge in [-0.05, 0) is 82.5 Å². The summed E-state index contributed by atoms with van der Waals surface area (Å²) in [6, 6.07) is 15.1. The molecule has 5 rings (SSSR count). The smallest absolute Gasteiger partial charge is 0.231 e. The van der Waals surface area contributed by atoms with Crippen molar-refractivity contribution in [1.29, 1.82) is 0 Å². The van der Waals surface area contributed by atoms with Crippen LogP contribution in [0, 0.1) is 0 Å². The highest BCUT2D eigenvalue weighted by molar-refractivity contribution is 6.31. The number of ether oxygens (including phenoxy) is 2. The molecule has 0 aliphatic carbocycles. The van der Waals surface area contributed by atoms with Crippen LogP contribution < -0.4 is 20.1 Å². The third kappa shape index (κ3) is 4.65. The van der Waals surface area contributed by atoms with Crippen molar-refractivity contribution in [3.8, 4) is 39.6 Å². The summed E-state index contributed by atoms with van der Waals surface area (Å²) in [4.78, 5) is 4.89. The van der Waals surface area contributed by atoms with E-state index in [9.17, 15) is 5.11 Å². The summed E-state index contributed by atoms with van der Waals surface area (Å²) >= 11 is 6.26. The van der Waals surface area contributed by atoms with Crippen LogP contribution in [0.1, 0.15) is 40.5 Å². The first-order chi connectivity index (χ1) is 16.1. The number of pyridine rings is 1. The number of fused-ring (bicyclic) bond motifs is 1. The fraction of sp³-hybridized carbons (Fsp3) is 0.370. The normalized spacial score (nSPS) is 18.6. The molecule has 3 heterocycles. The molecule has 0 spiro atoms. The second-order valence-electron chi connectivity index (χ2n) is 10.5. The number of piperidine rings is 1. The van der Waals surface area contributed by atoms with Crippen molar-refractivity contribution in [3.63, 3.8) is 0 Å². The minimum absolute atomic E-state index is 0.00346. The van der Waals surface area contributed by atoms with E-state index in [1.165, 1.54) is 0 Å². The number of hydrogen-bond acceptors (Lipinski definition) is 6.